The minimum atomic E-state index is -0.00293. The zero-order valence-electron chi connectivity index (χ0n) is 8.67. The topological polar surface area (TPSA) is 32.9 Å². The normalized spacial score (nSPS) is 11.2. The first-order valence-electron chi connectivity index (χ1n) is 4.91. The summed E-state index contributed by atoms with van der Waals surface area (Å²) in [5.41, 5.74) is 1.54. The average molecular weight is 222 g/mol. The van der Waals surface area contributed by atoms with Crippen molar-refractivity contribution in [2.75, 3.05) is 0 Å². The third-order valence-corrected chi connectivity index (χ3v) is 2.73. The van der Waals surface area contributed by atoms with Gasteiger partial charge in [-0.25, -0.2) is 0 Å². The number of hydrogen-bond acceptors (Lipinski definition) is 1. The quantitative estimate of drug-likeness (QED) is 0.772. The molecule has 0 radical (unpaired) electrons. The lowest BCUT2D eigenvalue weighted by Gasteiger charge is -1.99. The molecule has 0 spiro atoms. The lowest BCUT2D eigenvalue weighted by molar-refractivity contribution is 0.0935. The molecule has 2 nitrogen and oxygen atoms in total. The fourth-order valence-corrected chi connectivity index (χ4v) is 1.79. The van der Waals surface area contributed by atoms with Gasteiger partial charge in [0.25, 0.3) is 0 Å². The summed E-state index contributed by atoms with van der Waals surface area (Å²) >= 11 is 6.02. The minimum Gasteiger partial charge on any atom is -0.352 e. The van der Waals surface area contributed by atoms with Crippen molar-refractivity contribution in [3.63, 3.8) is 0 Å². The monoisotopic (exact) mass is 221 g/mol. The van der Waals surface area contributed by atoms with Gasteiger partial charge in [-0.05, 0) is 18.2 Å². The van der Waals surface area contributed by atoms with Gasteiger partial charge in [0.1, 0.15) is 0 Å². The highest BCUT2D eigenvalue weighted by molar-refractivity contribution is 6.35. The molecule has 0 aliphatic rings. The van der Waals surface area contributed by atoms with Crippen LogP contribution in [0.4, 0.5) is 0 Å². The summed E-state index contributed by atoms with van der Waals surface area (Å²) in [7, 11) is 0. The van der Waals surface area contributed by atoms with E-state index >= 15 is 0 Å². The molecule has 3 heteroatoms. The van der Waals surface area contributed by atoms with Crippen LogP contribution in [0.5, 0.6) is 0 Å². The summed E-state index contributed by atoms with van der Waals surface area (Å²) in [4.78, 5) is 14.8. The van der Waals surface area contributed by atoms with Crippen LogP contribution in [0, 0.1) is 5.92 Å². The maximum atomic E-state index is 11.8. The van der Waals surface area contributed by atoms with Crippen LogP contribution in [0.1, 0.15) is 24.3 Å². The number of halogens is 1. The largest absolute Gasteiger partial charge is 0.352 e. The number of hydrogen-bond donors (Lipinski definition) is 1. The summed E-state index contributed by atoms with van der Waals surface area (Å²) in [5.74, 6) is 0.110. The van der Waals surface area contributed by atoms with Crippen molar-refractivity contribution in [2.45, 2.75) is 13.8 Å². The van der Waals surface area contributed by atoms with Crippen molar-refractivity contribution >= 4 is 28.3 Å². The molecule has 15 heavy (non-hydrogen) atoms. The maximum absolute atomic E-state index is 11.8. The van der Waals surface area contributed by atoms with E-state index in [0.717, 1.165) is 10.9 Å². The second kappa shape index (κ2) is 3.70. The van der Waals surface area contributed by atoms with Gasteiger partial charge in [0, 0.05) is 21.8 Å². The molecule has 0 aliphatic carbocycles. The number of benzene rings is 1. The molecule has 1 N–H and O–H groups in total. The van der Waals surface area contributed by atoms with Crippen molar-refractivity contribution in [2.24, 2.45) is 5.92 Å². The molecule has 2 rings (SSSR count). The van der Waals surface area contributed by atoms with Gasteiger partial charge in [-0.3, -0.25) is 4.79 Å². The Morgan fingerprint density at radius 2 is 2.13 bits per heavy atom. The standard InChI is InChI=1S/C12H12ClNO/c1-7(2)12(15)11-6-8-9(13)4-3-5-10(8)14-11/h3-7,14H,1-2H3. The van der Waals surface area contributed by atoms with E-state index in [0.29, 0.717) is 10.7 Å². The van der Waals surface area contributed by atoms with Crippen LogP contribution in [0.15, 0.2) is 24.3 Å². The molecule has 0 unspecified atom stereocenters. The van der Waals surface area contributed by atoms with E-state index in [1.807, 2.05) is 38.1 Å². The fourth-order valence-electron chi connectivity index (χ4n) is 1.56. The van der Waals surface area contributed by atoms with E-state index in [9.17, 15) is 4.79 Å². The van der Waals surface area contributed by atoms with E-state index in [-0.39, 0.29) is 11.7 Å². The van der Waals surface area contributed by atoms with Gasteiger partial charge in [0.15, 0.2) is 5.78 Å². The molecule has 78 valence electrons. The van der Waals surface area contributed by atoms with Crippen molar-refractivity contribution in [3.8, 4) is 0 Å². The van der Waals surface area contributed by atoms with E-state index in [1.165, 1.54) is 0 Å². The Morgan fingerprint density at radius 3 is 2.73 bits per heavy atom. The van der Waals surface area contributed by atoms with Gasteiger partial charge in [-0.1, -0.05) is 31.5 Å². The molecular formula is C12H12ClNO. The number of rotatable bonds is 2. The number of H-pyrrole nitrogens is 1. The molecule has 0 saturated heterocycles. The van der Waals surface area contributed by atoms with Gasteiger partial charge in [0.05, 0.1) is 5.69 Å². The van der Waals surface area contributed by atoms with Gasteiger partial charge < -0.3 is 4.98 Å². The summed E-state index contributed by atoms with van der Waals surface area (Å²) in [5, 5.41) is 1.58. The van der Waals surface area contributed by atoms with E-state index in [2.05, 4.69) is 4.98 Å². The van der Waals surface area contributed by atoms with Crippen LogP contribution in [-0.2, 0) is 0 Å². The number of aromatic nitrogens is 1. The third kappa shape index (κ3) is 1.77. The Hall–Kier alpha value is -1.28. The lowest BCUT2D eigenvalue weighted by Crippen LogP contribution is -2.07. The van der Waals surface area contributed by atoms with Gasteiger partial charge >= 0.3 is 0 Å². The SMILES string of the molecule is CC(C)C(=O)c1cc2c(Cl)cccc2[nH]1. The highest BCUT2D eigenvalue weighted by Crippen LogP contribution is 2.24. The smallest absolute Gasteiger partial charge is 0.181 e. The van der Waals surface area contributed by atoms with Gasteiger partial charge in [-0.15, -0.1) is 0 Å². The fraction of sp³-hybridized carbons (Fsp3) is 0.250. The molecule has 1 aromatic heterocycles. The number of carbonyl (C=O) groups excluding carboxylic acids is 1. The molecule has 0 amide bonds. The zero-order valence-corrected chi connectivity index (χ0v) is 9.43. The highest BCUT2D eigenvalue weighted by Gasteiger charge is 2.13. The predicted molar refractivity (Wildman–Crippen MR) is 62.5 cm³/mol. The molecule has 1 heterocycles. The maximum Gasteiger partial charge on any atom is 0.181 e. The number of fused-ring (bicyclic) bond motifs is 1. The van der Waals surface area contributed by atoms with E-state index in [4.69, 9.17) is 11.6 Å². The summed E-state index contributed by atoms with van der Waals surface area (Å²) in [6.45, 7) is 3.77. The number of carbonyl (C=O) groups is 1. The third-order valence-electron chi connectivity index (χ3n) is 2.40. The zero-order chi connectivity index (χ0) is 11.0. The van der Waals surface area contributed by atoms with Crippen molar-refractivity contribution in [1.82, 2.24) is 4.98 Å². The van der Waals surface area contributed by atoms with E-state index < -0.39 is 0 Å². The first-order valence-corrected chi connectivity index (χ1v) is 5.29. The molecule has 0 bridgehead atoms. The molecule has 1 aromatic carbocycles. The van der Waals surface area contributed by atoms with E-state index in [1.54, 1.807) is 0 Å². The van der Waals surface area contributed by atoms with Crippen LogP contribution < -0.4 is 0 Å². The first-order chi connectivity index (χ1) is 7.09. The minimum absolute atomic E-state index is 0.00293. The Morgan fingerprint density at radius 1 is 1.40 bits per heavy atom. The predicted octanol–water partition coefficient (Wildman–Crippen LogP) is 3.66. The molecule has 0 aliphatic heterocycles. The van der Waals surface area contributed by atoms with Crippen molar-refractivity contribution in [3.05, 3.63) is 35.0 Å². The average Bonchev–Trinajstić information content (AvgIpc) is 2.61. The number of nitrogens with one attached hydrogen (secondary N) is 1. The van der Waals surface area contributed by atoms with Crippen LogP contribution >= 0.6 is 11.6 Å². The second-order valence-corrected chi connectivity index (χ2v) is 4.31. The Balaban J connectivity index is 2.57. The van der Waals surface area contributed by atoms with Crippen molar-refractivity contribution < 1.29 is 4.79 Å². The molecule has 2 aromatic rings. The van der Waals surface area contributed by atoms with Crippen LogP contribution in [0.2, 0.25) is 5.02 Å². The first kappa shape index (κ1) is 10.2. The molecular weight excluding hydrogens is 210 g/mol. The van der Waals surface area contributed by atoms with Crippen LogP contribution in [0.3, 0.4) is 0 Å². The molecule has 0 fully saturated rings. The summed E-state index contributed by atoms with van der Waals surface area (Å²) < 4.78 is 0. The van der Waals surface area contributed by atoms with Crippen LogP contribution in [0.25, 0.3) is 10.9 Å². The highest BCUT2D eigenvalue weighted by atomic mass is 35.5. The Labute approximate surface area is 93.2 Å². The molecule has 0 atom stereocenters. The lowest BCUT2D eigenvalue weighted by atomic mass is 10.1. The van der Waals surface area contributed by atoms with Crippen molar-refractivity contribution in [1.29, 1.82) is 0 Å². The Kier molecular flexibility index (Phi) is 2.53. The second-order valence-electron chi connectivity index (χ2n) is 3.90. The summed E-state index contributed by atoms with van der Waals surface area (Å²) in [6, 6.07) is 7.42. The number of ketones is 1. The number of Topliss-reactive ketones (excluding diaryl/α,β-unsaturated/α-hetero) is 1. The number of aromatic amines is 1. The van der Waals surface area contributed by atoms with Gasteiger partial charge in [-0.2, -0.15) is 0 Å². The Bertz CT molecular complexity index is 513. The summed E-state index contributed by atoms with van der Waals surface area (Å²) in [6.07, 6.45) is 0. The van der Waals surface area contributed by atoms with Crippen LogP contribution in [-0.4, -0.2) is 10.8 Å². The van der Waals surface area contributed by atoms with Gasteiger partial charge in [0.2, 0.25) is 0 Å². The molecule has 0 saturated carbocycles.